The van der Waals surface area contributed by atoms with Gasteiger partial charge in [-0.2, -0.15) is 0 Å². The van der Waals surface area contributed by atoms with Gasteiger partial charge in [0.15, 0.2) is 0 Å². The molecule has 0 aliphatic carbocycles. The summed E-state index contributed by atoms with van der Waals surface area (Å²) in [5.74, 6) is 0.575. The molecule has 27 heavy (non-hydrogen) atoms. The Morgan fingerprint density at radius 1 is 1.19 bits per heavy atom. The van der Waals surface area contributed by atoms with E-state index in [0.29, 0.717) is 24.9 Å². The fourth-order valence-corrected chi connectivity index (χ4v) is 3.78. The molecule has 7 heteroatoms. The SMILES string of the molecule is Cc1ccc(NC(=O)NCC2CCCN(C(=O)CC3CCCN3)C2)cc1.Cl. The average Bonchev–Trinajstić information content (AvgIpc) is 3.15. The molecule has 0 saturated carbocycles. The summed E-state index contributed by atoms with van der Waals surface area (Å²) in [7, 11) is 0. The Bertz CT molecular complexity index is 617. The quantitative estimate of drug-likeness (QED) is 0.718. The first-order chi connectivity index (χ1) is 12.6. The van der Waals surface area contributed by atoms with E-state index in [2.05, 4.69) is 16.0 Å². The second-order valence-electron chi connectivity index (χ2n) is 7.55. The molecule has 0 spiro atoms. The summed E-state index contributed by atoms with van der Waals surface area (Å²) in [6.45, 7) is 5.24. The van der Waals surface area contributed by atoms with Gasteiger partial charge in [-0.3, -0.25) is 4.79 Å². The standard InChI is InChI=1S/C20H30N4O2.ClH/c1-15-6-8-17(9-7-15)23-20(26)22-13-16-4-3-11-24(14-16)19(25)12-18-5-2-10-21-18;/h6-9,16,18,21H,2-5,10-14H2,1H3,(H2,22,23,26);1H. The van der Waals surface area contributed by atoms with E-state index in [4.69, 9.17) is 0 Å². The van der Waals surface area contributed by atoms with Crippen molar-refractivity contribution in [1.82, 2.24) is 15.5 Å². The van der Waals surface area contributed by atoms with Crippen LogP contribution >= 0.6 is 12.4 Å². The van der Waals surface area contributed by atoms with E-state index in [0.717, 1.165) is 50.1 Å². The lowest BCUT2D eigenvalue weighted by atomic mass is 9.97. The number of carbonyl (C=O) groups is 2. The molecule has 2 saturated heterocycles. The highest BCUT2D eigenvalue weighted by molar-refractivity contribution is 5.89. The largest absolute Gasteiger partial charge is 0.342 e. The number of amides is 3. The molecule has 2 fully saturated rings. The zero-order valence-corrected chi connectivity index (χ0v) is 16.8. The number of carbonyl (C=O) groups excluding carboxylic acids is 2. The number of piperidine rings is 1. The maximum Gasteiger partial charge on any atom is 0.319 e. The predicted octanol–water partition coefficient (Wildman–Crippen LogP) is 2.92. The summed E-state index contributed by atoms with van der Waals surface area (Å²) in [4.78, 5) is 26.5. The van der Waals surface area contributed by atoms with Gasteiger partial charge < -0.3 is 20.9 Å². The molecule has 1 aromatic rings. The van der Waals surface area contributed by atoms with Crippen LogP contribution < -0.4 is 16.0 Å². The topological polar surface area (TPSA) is 73.5 Å². The van der Waals surface area contributed by atoms with Crippen LogP contribution in [-0.4, -0.2) is 49.1 Å². The first-order valence-corrected chi connectivity index (χ1v) is 9.73. The van der Waals surface area contributed by atoms with Gasteiger partial charge in [-0.1, -0.05) is 17.7 Å². The summed E-state index contributed by atoms with van der Waals surface area (Å²) >= 11 is 0. The molecule has 0 bridgehead atoms. The van der Waals surface area contributed by atoms with E-state index in [1.165, 1.54) is 6.42 Å². The lowest BCUT2D eigenvalue weighted by Gasteiger charge is -2.33. The van der Waals surface area contributed by atoms with Gasteiger partial charge in [0, 0.05) is 37.8 Å². The number of anilines is 1. The normalized spacial score (nSPS) is 22.0. The van der Waals surface area contributed by atoms with Crippen molar-refractivity contribution in [3.63, 3.8) is 0 Å². The molecule has 2 heterocycles. The molecule has 2 atom stereocenters. The van der Waals surface area contributed by atoms with Crippen LogP contribution in [0.3, 0.4) is 0 Å². The number of likely N-dealkylation sites (tertiary alicyclic amines) is 1. The molecule has 2 aliphatic rings. The van der Waals surface area contributed by atoms with Gasteiger partial charge in [-0.05, 0) is 57.2 Å². The Morgan fingerprint density at radius 3 is 2.67 bits per heavy atom. The molecule has 2 aliphatic heterocycles. The third-order valence-electron chi connectivity index (χ3n) is 5.32. The molecular weight excluding hydrogens is 364 g/mol. The minimum Gasteiger partial charge on any atom is -0.342 e. The molecule has 6 nitrogen and oxygen atoms in total. The van der Waals surface area contributed by atoms with E-state index in [1.54, 1.807) is 0 Å². The van der Waals surface area contributed by atoms with Gasteiger partial charge in [0.25, 0.3) is 0 Å². The number of aryl methyl sites for hydroxylation is 1. The molecule has 150 valence electrons. The minimum absolute atomic E-state index is 0. The summed E-state index contributed by atoms with van der Waals surface area (Å²) < 4.78 is 0. The maximum atomic E-state index is 12.5. The molecule has 2 unspecified atom stereocenters. The number of halogens is 1. The van der Waals surface area contributed by atoms with Gasteiger partial charge in [0.1, 0.15) is 0 Å². The van der Waals surface area contributed by atoms with Gasteiger partial charge in [-0.25, -0.2) is 4.79 Å². The van der Waals surface area contributed by atoms with Gasteiger partial charge in [0.05, 0.1) is 0 Å². The monoisotopic (exact) mass is 394 g/mol. The van der Waals surface area contributed by atoms with Crippen LogP contribution in [0.2, 0.25) is 0 Å². The summed E-state index contributed by atoms with van der Waals surface area (Å²) in [6.07, 6.45) is 4.93. The number of urea groups is 1. The third kappa shape index (κ3) is 6.70. The fourth-order valence-electron chi connectivity index (χ4n) is 3.78. The molecule has 3 N–H and O–H groups in total. The van der Waals surface area contributed by atoms with Crippen LogP contribution in [0.1, 0.15) is 37.7 Å². The average molecular weight is 395 g/mol. The van der Waals surface area contributed by atoms with Crippen molar-refractivity contribution >= 4 is 30.0 Å². The van der Waals surface area contributed by atoms with E-state index >= 15 is 0 Å². The van der Waals surface area contributed by atoms with Gasteiger partial charge in [-0.15, -0.1) is 12.4 Å². The minimum atomic E-state index is -0.188. The second-order valence-corrected chi connectivity index (χ2v) is 7.55. The second kappa shape index (κ2) is 10.5. The Morgan fingerprint density at radius 2 is 1.96 bits per heavy atom. The Balaban J connectivity index is 0.00000261. The highest BCUT2D eigenvalue weighted by Gasteiger charge is 2.26. The zero-order chi connectivity index (χ0) is 18.4. The van der Waals surface area contributed by atoms with Crippen LogP contribution in [0.25, 0.3) is 0 Å². The molecule has 0 aromatic heterocycles. The number of hydrogen-bond acceptors (Lipinski definition) is 3. The van der Waals surface area contributed by atoms with Crippen LogP contribution in [0, 0.1) is 12.8 Å². The third-order valence-corrected chi connectivity index (χ3v) is 5.32. The molecule has 3 rings (SSSR count). The number of rotatable bonds is 5. The van der Waals surface area contributed by atoms with Crippen LogP contribution in [0.15, 0.2) is 24.3 Å². The van der Waals surface area contributed by atoms with E-state index in [1.807, 2.05) is 36.1 Å². The number of benzene rings is 1. The molecule has 3 amide bonds. The highest BCUT2D eigenvalue weighted by atomic mass is 35.5. The summed E-state index contributed by atoms with van der Waals surface area (Å²) in [5.41, 5.74) is 1.95. The van der Waals surface area contributed by atoms with Gasteiger partial charge in [0.2, 0.25) is 5.91 Å². The smallest absolute Gasteiger partial charge is 0.319 e. The summed E-state index contributed by atoms with van der Waals surface area (Å²) in [5, 5.41) is 9.19. The summed E-state index contributed by atoms with van der Waals surface area (Å²) in [6, 6.07) is 7.90. The van der Waals surface area contributed by atoms with Gasteiger partial charge >= 0.3 is 6.03 Å². The van der Waals surface area contributed by atoms with E-state index in [-0.39, 0.29) is 24.3 Å². The van der Waals surface area contributed by atoms with Crippen molar-refractivity contribution < 1.29 is 9.59 Å². The first-order valence-electron chi connectivity index (χ1n) is 9.73. The van der Waals surface area contributed by atoms with Crippen molar-refractivity contribution in [3.05, 3.63) is 29.8 Å². The van der Waals surface area contributed by atoms with Crippen LogP contribution in [-0.2, 0) is 4.79 Å². The molecule has 1 aromatic carbocycles. The predicted molar refractivity (Wildman–Crippen MR) is 110 cm³/mol. The first kappa shape index (κ1) is 21.5. The molecular formula is C20H31ClN4O2. The van der Waals surface area contributed by atoms with Crippen LogP contribution in [0.4, 0.5) is 10.5 Å². The van der Waals surface area contributed by atoms with Crippen molar-refractivity contribution in [2.24, 2.45) is 5.92 Å². The fraction of sp³-hybridized carbons (Fsp3) is 0.600. The number of nitrogens with one attached hydrogen (secondary N) is 3. The zero-order valence-electron chi connectivity index (χ0n) is 16.0. The van der Waals surface area contributed by atoms with Crippen LogP contribution in [0.5, 0.6) is 0 Å². The van der Waals surface area contributed by atoms with Crippen molar-refractivity contribution in [3.8, 4) is 0 Å². The van der Waals surface area contributed by atoms with E-state index in [9.17, 15) is 9.59 Å². The highest BCUT2D eigenvalue weighted by Crippen LogP contribution is 2.18. The van der Waals surface area contributed by atoms with Crippen molar-refractivity contribution in [2.45, 2.75) is 45.1 Å². The maximum absolute atomic E-state index is 12.5. The molecule has 0 radical (unpaired) electrons. The number of nitrogens with zero attached hydrogens (tertiary/aromatic N) is 1. The Kier molecular flexibility index (Phi) is 8.38. The Labute approximate surface area is 167 Å². The van der Waals surface area contributed by atoms with Crippen molar-refractivity contribution in [1.29, 1.82) is 0 Å². The van der Waals surface area contributed by atoms with E-state index < -0.39 is 0 Å². The Hall–Kier alpha value is -1.79. The lowest BCUT2D eigenvalue weighted by molar-refractivity contribution is -0.133. The van der Waals surface area contributed by atoms with Crippen molar-refractivity contribution in [2.75, 3.05) is 31.5 Å². The number of hydrogen-bond donors (Lipinski definition) is 3. The lowest BCUT2D eigenvalue weighted by Crippen LogP contribution is -2.45.